The van der Waals surface area contributed by atoms with Gasteiger partial charge in [0.2, 0.25) is 6.41 Å². The molecule has 28 heavy (non-hydrogen) atoms. The molecule has 0 radical (unpaired) electrons. The lowest BCUT2D eigenvalue weighted by atomic mass is 9.87. The number of allylic oxidation sites excluding steroid dienone is 2. The van der Waals surface area contributed by atoms with Crippen LogP contribution in [0.5, 0.6) is 0 Å². The molecule has 0 fully saturated rings. The highest BCUT2D eigenvalue weighted by molar-refractivity contribution is 8.06. The fourth-order valence-electron chi connectivity index (χ4n) is 3.86. The van der Waals surface area contributed by atoms with Gasteiger partial charge in [-0.05, 0) is 22.6 Å². The molecular weight excluding hydrogens is 376 g/mol. The Bertz CT molecular complexity index is 1100. The van der Waals surface area contributed by atoms with Gasteiger partial charge in [-0.25, -0.2) is 4.79 Å². The number of aliphatic carboxylic acids is 1. The molecule has 4 rings (SSSR count). The van der Waals surface area contributed by atoms with Crippen molar-refractivity contribution in [2.45, 2.75) is 18.5 Å². The largest absolute Gasteiger partial charge is 0.475 e. The molecule has 1 aliphatic carbocycles. The molecule has 1 aromatic carbocycles. The Morgan fingerprint density at radius 2 is 2.00 bits per heavy atom. The molecule has 142 valence electrons. The van der Waals surface area contributed by atoms with Gasteiger partial charge in [-0.2, -0.15) is 0 Å². The van der Waals surface area contributed by atoms with Crippen LogP contribution in [-0.4, -0.2) is 33.6 Å². The van der Waals surface area contributed by atoms with Gasteiger partial charge in [0.15, 0.2) is 0 Å². The second-order valence-corrected chi connectivity index (χ2v) is 7.56. The van der Waals surface area contributed by atoms with Crippen molar-refractivity contribution in [3.8, 4) is 0 Å². The minimum atomic E-state index is -1.46. The summed E-state index contributed by atoms with van der Waals surface area (Å²) in [5.41, 5.74) is 2.60. The van der Waals surface area contributed by atoms with Crippen LogP contribution >= 0.6 is 11.8 Å². The summed E-state index contributed by atoms with van der Waals surface area (Å²) >= 11 is 1.59. The van der Waals surface area contributed by atoms with Gasteiger partial charge < -0.3 is 15.0 Å². The number of ketones is 1. The number of fused-ring (bicyclic) bond motifs is 3. The summed E-state index contributed by atoms with van der Waals surface area (Å²) in [6.45, 7) is 0.585. The van der Waals surface area contributed by atoms with E-state index in [-0.39, 0.29) is 6.04 Å². The number of carbonyl (C=O) groups excluding carboxylic acids is 2. The number of benzene rings is 1. The maximum atomic E-state index is 12.4. The molecule has 6 nitrogen and oxygen atoms in total. The summed E-state index contributed by atoms with van der Waals surface area (Å²) in [6, 6.07) is 9.65. The summed E-state index contributed by atoms with van der Waals surface area (Å²) in [5.74, 6) is -2.56. The number of rotatable bonds is 6. The molecule has 2 N–H and O–H groups in total. The van der Waals surface area contributed by atoms with Crippen LogP contribution in [0.3, 0.4) is 0 Å². The number of carboxylic acids is 1. The van der Waals surface area contributed by atoms with E-state index >= 15 is 0 Å². The maximum Gasteiger partial charge on any atom is 0.373 e. The van der Waals surface area contributed by atoms with Gasteiger partial charge in [-0.1, -0.05) is 42.5 Å². The molecule has 1 aliphatic heterocycles. The van der Waals surface area contributed by atoms with Crippen molar-refractivity contribution in [1.29, 1.82) is 0 Å². The topological polar surface area (TPSA) is 88.4 Å². The summed E-state index contributed by atoms with van der Waals surface area (Å²) in [7, 11) is 0. The molecule has 2 atom stereocenters. The lowest BCUT2D eigenvalue weighted by Gasteiger charge is -2.22. The minimum Gasteiger partial charge on any atom is -0.475 e. The van der Waals surface area contributed by atoms with Crippen LogP contribution in [0.2, 0.25) is 0 Å². The number of hydrogen-bond acceptors (Lipinski definition) is 4. The van der Waals surface area contributed by atoms with Crippen molar-refractivity contribution in [2.75, 3.05) is 5.75 Å². The number of hydrogen-bond donors (Lipinski definition) is 2. The quantitative estimate of drug-likeness (QED) is 0.561. The van der Waals surface area contributed by atoms with Crippen LogP contribution in [0.1, 0.15) is 28.7 Å². The Labute approximate surface area is 165 Å². The second kappa shape index (κ2) is 7.52. The zero-order valence-corrected chi connectivity index (χ0v) is 15.7. The fourth-order valence-corrected chi connectivity index (χ4v) is 4.82. The number of nitrogens with zero attached hydrogens (tertiary/aromatic N) is 1. The van der Waals surface area contributed by atoms with Crippen molar-refractivity contribution in [3.63, 3.8) is 0 Å². The molecule has 0 spiro atoms. The number of nitrogens with one attached hydrogen (secondary N) is 1. The molecule has 1 amide bonds. The number of thioether (sulfide) groups is 1. The van der Waals surface area contributed by atoms with Crippen LogP contribution in [0, 0.1) is 0 Å². The average Bonchev–Trinajstić information content (AvgIpc) is 3.03. The van der Waals surface area contributed by atoms with Crippen molar-refractivity contribution in [1.82, 2.24) is 9.88 Å². The first-order chi connectivity index (χ1) is 13.6. The predicted molar refractivity (Wildman–Crippen MR) is 107 cm³/mol. The smallest absolute Gasteiger partial charge is 0.373 e. The van der Waals surface area contributed by atoms with E-state index in [9.17, 15) is 19.5 Å². The summed E-state index contributed by atoms with van der Waals surface area (Å²) in [6.07, 6.45) is 5.90. The molecule has 7 heteroatoms. The molecule has 2 unspecified atom stereocenters. The number of Topliss-reactive ketones (excluding diaryl/α,β-unsaturated/α-hetero) is 1. The van der Waals surface area contributed by atoms with E-state index in [1.165, 1.54) is 0 Å². The van der Waals surface area contributed by atoms with Crippen LogP contribution in [0.25, 0.3) is 11.5 Å². The van der Waals surface area contributed by atoms with E-state index in [1.54, 1.807) is 23.9 Å². The van der Waals surface area contributed by atoms with Crippen molar-refractivity contribution < 1.29 is 19.5 Å². The van der Waals surface area contributed by atoms with E-state index in [2.05, 4.69) is 9.88 Å². The number of carboxylic acid groups (broad SMARTS) is 1. The van der Waals surface area contributed by atoms with Gasteiger partial charge in [0.1, 0.15) is 0 Å². The lowest BCUT2D eigenvalue weighted by molar-refractivity contribution is -0.149. The van der Waals surface area contributed by atoms with E-state index in [0.29, 0.717) is 24.3 Å². The van der Waals surface area contributed by atoms with Gasteiger partial charge in [0.05, 0.1) is 17.3 Å². The van der Waals surface area contributed by atoms with Gasteiger partial charge in [-0.3, -0.25) is 9.59 Å². The minimum absolute atomic E-state index is 0.280. The van der Waals surface area contributed by atoms with E-state index in [4.69, 9.17) is 0 Å². The van der Waals surface area contributed by atoms with Crippen molar-refractivity contribution in [2.24, 2.45) is 0 Å². The maximum absolute atomic E-state index is 12.4. The van der Waals surface area contributed by atoms with Gasteiger partial charge >= 0.3 is 5.97 Å². The highest BCUT2D eigenvalue weighted by Crippen LogP contribution is 2.30. The SMILES string of the molecule is O=CNC1CSC=c2c1c1c(n2Cc2ccccc2)=CC=CC1C(=O)C(=O)O. The standard InChI is InChI=1S/C21H18N2O4S/c24-12-22-15-10-28-11-17-19(15)18-14(20(25)21(26)27)7-4-8-16(18)23(17)9-13-5-2-1-3-6-13/h1-8,11-12,14-15H,9-10H2,(H,22,24)(H,26,27). The number of carbonyl (C=O) groups is 3. The normalized spacial score (nSPS) is 19.6. The zero-order chi connectivity index (χ0) is 19.7. The Kier molecular flexibility index (Phi) is 4.92. The summed E-state index contributed by atoms with van der Waals surface area (Å²) in [4.78, 5) is 34.9. The van der Waals surface area contributed by atoms with Gasteiger partial charge in [-0.15, -0.1) is 11.8 Å². The molecule has 0 bridgehead atoms. The van der Waals surface area contributed by atoms with Crippen LogP contribution in [0.15, 0.2) is 42.5 Å². The average molecular weight is 394 g/mol. The molecule has 0 saturated heterocycles. The third kappa shape index (κ3) is 3.07. The van der Waals surface area contributed by atoms with Gasteiger partial charge in [0, 0.05) is 23.2 Å². The predicted octanol–water partition coefficient (Wildman–Crippen LogP) is 0.896. The zero-order valence-electron chi connectivity index (χ0n) is 14.9. The fraction of sp³-hybridized carbons (Fsp3) is 0.190. The second-order valence-electron chi connectivity index (χ2n) is 6.66. The van der Waals surface area contributed by atoms with Crippen molar-refractivity contribution in [3.05, 3.63) is 69.9 Å². The van der Waals surface area contributed by atoms with Gasteiger partial charge in [0.25, 0.3) is 5.78 Å². The Morgan fingerprint density at radius 1 is 1.21 bits per heavy atom. The Hall–Kier alpha value is -3.06. The molecule has 1 aromatic heterocycles. The number of aromatic nitrogens is 1. The van der Waals surface area contributed by atoms with E-state index in [1.807, 2.05) is 41.8 Å². The first-order valence-electron chi connectivity index (χ1n) is 8.85. The Balaban J connectivity index is 1.96. The molecule has 2 aromatic rings. The molecule has 2 heterocycles. The molecule has 2 aliphatic rings. The van der Waals surface area contributed by atoms with E-state index < -0.39 is 17.7 Å². The van der Waals surface area contributed by atoms with Crippen LogP contribution in [0.4, 0.5) is 0 Å². The third-order valence-electron chi connectivity index (χ3n) is 5.04. The van der Waals surface area contributed by atoms with Crippen LogP contribution in [-0.2, 0) is 20.9 Å². The van der Waals surface area contributed by atoms with Crippen LogP contribution < -0.4 is 16.0 Å². The first-order valence-corrected chi connectivity index (χ1v) is 9.90. The summed E-state index contributed by atoms with van der Waals surface area (Å²) < 4.78 is 2.09. The third-order valence-corrected chi connectivity index (χ3v) is 5.96. The van der Waals surface area contributed by atoms with Crippen molar-refractivity contribution >= 4 is 41.4 Å². The highest BCUT2D eigenvalue weighted by Gasteiger charge is 2.34. The summed E-state index contributed by atoms with van der Waals surface area (Å²) in [5, 5.41) is 15.9. The lowest BCUT2D eigenvalue weighted by Crippen LogP contribution is -2.33. The highest BCUT2D eigenvalue weighted by atomic mass is 32.2. The first kappa shape index (κ1) is 18.3. The molecular formula is C21H18N2O4S. The Morgan fingerprint density at radius 3 is 2.71 bits per heavy atom. The molecule has 0 saturated carbocycles. The number of amides is 1. The monoisotopic (exact) mass is 394 g/mol. The van der Waals surface area contributed by atoms with E-state index in [0.717, 1.165) is 21.8 Å².